The van der Waals surface area contributed by atoms with E-state index in [1.165, 1.54) is 22.3 Å². The zero-order valence-corrected chi connectivity index (χ0v) is 10.8. The Morgan fingerprint density at radius 1 is 0.737 bits per heavy atom. The molecule has 2 N–H and O–H groups in total. The van der Waals surface area contributed by atoms with Crippen LogP contribution < -0.4 is 5.73 Å². The van der Waals surface area contributed by atoms with E-state index in [-0.39, 0.29) is 0 Å². The monoisotopic (exact) mass is 247 g/mol. The first-order valence-corrected chi connectivity index (χ1v) is 6.66. The zero-order chi connectivity index (χ0) is 13.1. The Bertz CT molecular complexity index is 621. The lowest BCUT2D eigenvalue weighted by Crippen LogP contribution is -2.08. The third kappa shape index (κ3) is 2.32. The summed E-state index contributed by atoms with van der Waals surface area (Å²) in [5.74, 6) is 0. The largest absolute Gasteiger partial charge is 0.398 e. The van der Waals surface area contributed by atoms with Crippen molar-refractivity contribution >= 4 is 11.1 Å². The Morgan fingerprint density at radius 3 is 1.95 bits per heavy atom. The van der Waals surface area contributed by atoms with Gasteiger partial charge in [-0.2, -0.15) is 0 Å². The Hall–Kier alpha value is -2.28. The average molecular weight is 247 g/mol. The van der Waals surface area contributed by atoms with Gasteiger partial charge in [-0.25, -0.2) is 0 Å². The number of hydrogen-bond acceptors (Lipinski definition) is 1. The number of allylic oxidation sites excluding steroid dienone is 3. The number of nitrogens with two attached hydrogens (primary N) is 1. The molecule has 0 atom stereocenters. The molecule has 0 fully saturated rings. The number of hydrogen-bond donors (Lipinski definition) is 1. The summed E-state index contributed by atoms with van der Waals surface area (Å²) in [6.07, 6.45) is 4.32. The fourth-order valence-corrected chi connectivity index (χ4v) is 2.60. The summed E-state index contributed by atoms with van der Waals surface area (Å²) < 4.78 is 0. The van der Waals surface area contributed by atoms with Crippen LogP contribution in [0, 0.1) is 0 Å². The van der Waals surface area contributed by atoms with Crippen molar-refractivity contribution in [2.45, 2.75) is 12.8 Å². The van der Waals surface area contributed by atoms with E-state index in [1.807, 2.05) is 12.1 Å². The van der Waals surface area contributed by atoms with Gasteiger partial charge >= 0.3 is 0 Å². The van der Waals surface area contributed by atoms with Gasteiger partial charge in [0.2, 0.25) is 0 Å². The van der Waals surface area contributed by atoms with Crippen LogP contribution in [0.15, 0.2) is 72.4 Å². The van der Waals surface area contributed by atoms with E-state index in [4.69, 9.17) is 5.73 Å². The summed E-state index contributed by atoms with van der Waals surface area (Å²) in [4.78, 5) is 0. The van der Waals surface area contributed by atoms with Crippen molar-refractivity contribution in [2.75, 3.05) is 0 Å². The SMILES string of the molecule is NC1=C(c2ccccc2)CCC=C1c1ccccc1. The van der Waals surface area contributed by atoms with E-state index in [9.17, 15) is 0 Å². The average Bonchev–Trinajstić information content (AvgIpc) is 2.49. The molecule has 2 aromatic carbocycles. The Balaban J connectivity index is 2.05. The van der Waals surface area contributed by atoms with Crippen molar-refractivity contribution in [1.82, 2.24) is 0 Å². The molecule has 1 aliphatic carbocycles. The van der Waals surface area contributed by atoms with E-state index in [0.717, 1.165) is 18.5 Å². The van der Waals surface area contributed by atoms with Gasteiger partial charge in [-0.05, 0) is 29.5 Å². The quantitative estimate of drug-likeness (QED) is 0.844. The predicted molar refractivity (Wildman–Crippen MR) is 81.2 cm³/mol. The third-order valence-electron chi connectivity index (χ3n) is 3.57. The van der Waals surface area contributed by atoms with Gasteiger partial charge in [0, 0.05) is 11.3 Å². The highest BCUT2D eigenvalue weighted by molar-refractivity contribution is 5.90. The molecule has 0 saturated heterocycles. The highest BCUT2D eigenvalue weighted by atomic mass is 14.6. The highest BCUT2D eigenvalue weighted by Gasteiger charge is 2.15. The van der Waals surface area contributed by atoms with Crippen LogP contribution in [0.4, 0.5) is 0 Å². The van der Waals surface area contributed by atoms with Gasteiger partial charge in [-0.1, -0.05) is 66.7 Å². The zero-order valence-electron chi connectivity index (χ0n) is 10.8. The molecule has 0 spiro atoms. The van der Waals surface area contributed by atoms with Crippen molar-refractivity contribution in [3.8, 4) is 0 Å². The van der Waals surface area contributed by atoms with Gasteiger partial charge in [0.25, 0.3) is 0 Å². The molecule has 0 aromatic heterocycles. The molecule has 1 nitrogen and oxygen atoms in total. The highest BCUT2D eigenvalue weighted by Crippen LogP contribution is 2.34. The van der Waals surface area contributed by atoms with Crippen LogP contribution in [0.25, 0.3) is 11.1 Å². The minimum absolute atomic E-state index is 0.920. The molecule has 1 heteroatoms. The molecule has 0 radical (unpaired) electrons. The van der Waals surface area contributed by atoms with Gasteiger partial charge < -0.3 is 5.73 Å². The van der Waals surface area contributed by atoms with Crippen molar-refractivity contribution in [1.29, 1.82) is 0 Å². The standard InChI is InChI=1S/C18H17N/c19-18-16(14-8-3-1-4-9-14)12-7-13-17(18)15-10-5-2-6-11-15/h1-6,8-12H,7,13,19H2. The summed E-state index contributed by atoms with van der Waals surface area (Å²) in [7, 11) is 0. The Morgan fingerprint density at radius 2 is 1.32 bits per heavy atom. The van der Waals surface area contributed by atoms with Crippen LogP contribution in [0.2, 0.25) is 0 Å². The normalized spacial score (nSPS) is 15.3. The van der Waals surface area contributed by atoms with Crippen molar-refractivity contribution in [3.05, 3.63) is 83.6 Å². The van der Waals surface area contributed by atoms with Crippen LogP contribution in [-0.2, 0) is 0 Å². The lowest BCUT2D eigenvalue weighted by molar-refractivity contribution is 1.04. The summed E-state index contributed by atoms with van der Waals surface area (Å²) in [5.41, 5.74) is 12.2. The van der Waals surface area contributed by atoms with E-state index in [2.05, 4.69) is 54.6 Å². The summed E-state index contributed by atoms with van der Waals surface area (Å²) in [6.45, 7) is 0. The van der Waals surface area contributed by atoms with Crippen molar-refractivity contribution < 1.29 is 0 Å². The fourth-order valence-electron chi connectivity index (χ4n) is 2.60. The first-order chi connectivity index (χ1) is 9.36. The summed E-state index contributed by atoms with van der Waals surface area (Å²) in [5, 5.41) is 0. The summed E-state index contributed by atoms with van der Waals surface area (Å²) >= 11 is 0. The molecule has 0 bridgehead atoms. The molecular formula is C18H17N. The number of benzene rings is 2. The maximum absolute atomic E-state index is 6.40. The minimum atomic E-state index is 0.920. The molecule has 3 rings (SSSR count). The first kappa shape index (κ1) is 11.8. The van der Waals surface area contributed by atoms with Crippen molar-refractivity contribution in [2.24, 2.45) is 5.73 Å². The van der Waals surface area contributed by atoms with E-state index in [1.54, 1.807) is 0 Å². The minimum Gasteiger partial charge on any atom is -0.398 e. The molecule has 0 amide bonds. The molecule has 0 aliphatic heterocycles. The molecule has 0 unspecified atom stereocenters. The van der Waals surface area contributed by atoms with Gasteiger partial charge in [-0.3, -0.25) is 0 Å². The molecule has 0 saturated carbocycles. The van der Waals surface area contributed by atoms with Crippen LogP contribution >= 0.6 is 0 Å². The summed E-state index contributed by atoms with van der Waals surface area (Å²) in [6, 6.07) is 20.8. The third-order valence-corrected chi connectivity index (χ3v) is 3.57. The van der Waals surface area contributed by atoms with E-state index >= 15 is 0 Å². The smallest absolute Gasteiger partial charge is 0.0429 e. The maximum Gasteiger partial charge on any atom is 0.0429 e. The Labute approximate surface area is 114 Å². The second-order valence-corrected chi connectivity index (χ2v) is 4.78. The van der Waals surface area contributed by atoms with E-state index < -0.39 is 0 Å². The van der Waals surface area contributed by atoms with Crippen LogP contribution in [0.3, 0.4) is 0 Å². The van der Waals surface area contributed by atoms with Gasteiger partial charge in [0.15, 0.2) is 0 Å². The fraction of sp³-hybridized carbons (Fsp3) is 0.111. The lowest BCUT2D eigenvalue weighted by Gasteiger charge is -2.19. The Kier molecular flexibility index (Phi) is 3.20. The van der Waals surface area contributed by atoms with Crippen LogP contribution in [0.1, 0.15) is 24.0 Å². The molecule has 1 aliphatic rings. The van der Waals surface area contributed by atoms with Crippen LogP contribution in [-0.4, -0.2) is 0 Å². The van der Waals surface area contributed by atoms with Gasteiger partial charge in [0.05, 0.1) is 0 Å². The van der Waals surface area contributed by atoms with E-state index in [0.29, 0.717) is 0 Å². The second-order valence-electron chi connectivity index (χ2n) is 4.78. The second kappa shape index (κ2) is 5.15. The molecule has 0 heterocycles. The molecule has 94 valence electrons. The van der Waals surface area contributed by atoms with Crippen molar-refractivity contribution in [3.63, 3.8) is 0 Å². The lowest BCUT2D eigenvalue weighted by atomic mass is 9.88. The van der Waals surface area contributed by atoms with Gasteiger partial charge in [0.1, 0.15) is 0 Å². The molecule has 2 aromatic rings. The van der Waals surface area contributed by atoms with Crippen LogP contribution in [0.5, 0.6) is 0 Å². The van der Waals surface area contributed by atoms with Gasteiger partial charge in [-0.15, -0.1) is 0 Å². The molecule has 19 heavy (non-hydrogen) atoms. The maximum atomic E-state index is 6.40. The predicted octanol–water partition coefficient (Wildman–Crippen LogP) is 4.23. The number of rotatable bonds is 2. The molecular weight excluding hydrogens is 230 g/mol. The topological polar surface area (TPSA) is 26.0 Å². The first-order valence-electron chi connectivity index (χ1n) is 6.66.